The van der Waals surface area contributed by atoms with Gasteiger partial charge in [0.15, 0.2) is 0 Å². The first-order chi connectivity index (χ1) is 16.7. The summed E-state index contributed by atoms with van der Waals surface area (Å²) in [7, 11) is 3.05. The summed E-state index contributed by atoms with van der Waals surface area (Å²) in [4.78, 5) is 51.9. The van der Waals surface area contributed by atoms with Gasteiger partial charge in [0, 0.05) is 11.5 Å². The Morgan fingerprint density at radius 2 is 1.91 bits per heavy atom. The number of nitrogens with one attached hydrogen (secondary N) is 3. The van der Waals surface area contributed by atoms with E-state index in [-0.39, 0.29) is 18.8 Å². The lowest BCUT2D eigenvalue weighted by atomic mass is 9.92. The lowest BCUT2D eigenvalue weighted by Gasteiger charge is -2.31. The molecular formula is C23H37N3O6S3. The third-order valence-electron chi connectivity index (χ3n) is 5.96. The molecule has 4 N–H and O–H groups in total. The van der Waals surface area contributed by atoms with Crippen LogP contribution in [0.2, 0.25) is 0 Å². The van der Waals surface area contributed by atoms with E-state index in [0.29, 0.717) is 30.8 Å². The molecule has 3 amide bonds. The van der Waals surface area contributed by atoms with Crippen molar-refractivity contribution in [3.63, 3.8) is 0 Å². The van der Waals surface area contributed by atoms with Crippen LogP contribution in [0.4, 0.5) is 0 Å². The van der Waals surface area contributed by atoms with Gasteiger partial charge in [-0.3, -0.25) is 19.2 Å². The smallest absolute Gasteiger partial charge is 0.309 e. The number of rotatable bonds is 5. The number of carbonyl (C=O) groups is 4. The normalized spacial score (nSPS) is 31.5. The van der Waals surface area contributed by atoms with Crippen LogP contribution in [0, 0.1) is 5.92 Å². The van der Waals surface area contributed by atoms with Gasteiger partial charge in [0.1, 0.15) is 18.2 Å². The van der Waals surface area contributed by atoms with Crippen molar-refractivity contribution >= 4 is 57.0 Å². The minimum Gasteiger partial charge on any atom is -0.457 e. The number of aliphatic hydroxyl groups excluding tert-OH is 1. The molecule has 12 heteroatoms. The van der Waals surface area contributed by atoms with Crippen LogP contribution in [-0.4, -0.2) is 82.6 Å². The molecule has 35 heavy (non-hydrogen) atoms. The number of fused-ring (bicyclic) bond motifs is 7. The van der Waals surface area contributed by atoms with E-state index in [9.17, 15) is 24.3 Å². The first-order valence-electron chi connectivity index (χ1n) is 11.9. The van der Waals surface area contributed by atoms with Gasteiger partial charge in [0.2, 0.25) is 17.7 Å². The van der Waals surface area contributed by atoms with Crippen molar-refractivity contribution in [3.8, 4) is 0 Å². The number of hydrogen-bond acceptors (Lipinski definition) is 9. The van der Waals surface area contributed by atoms with Gasteiger partial charge >= 0.3 is 5.97 Å². The van der Waals surface area contributed by atoms with Crippen LogP contribution in [0.1, 0.15) is 46.0 Å². The van der Waals surface area contributed by atoms with Gasteiger partial charge in [0.25, 0.3) is 0 Å². The number of carbonyl (C=O) groups excluding carboxylic acids is 4. The zero-order valence-electron chi connectivity index (χ0n) is 20.5. The van der Waals surface area contributed by atoms with Crippen LogP contribution in [0.15, 0.2) is 12.2 Å². The molecule has 2 aliphatic heterocycles. The van der Waals surface area contributed by atoms with Crippen LogP contribution in [0.25, 0.3) is 0 Å². The van der Waals surface area contributed by atoms with Crippen LogP contribution in [0.5, 0.6) is 0 Å². The van der Waals surface area contributed by atoms with Crippen molar-refractivity contribution in [2.24, 2.45) is 5.92 Å². The molecule has 1 saturated heterocycles. The zero-order valence-corrected chi connectivity index (χ0v) is 22.9. The number of esters is 1. The molecule has 0 radical (unpaired) electrons. The summed E-state index contributed by atoms with van der Waals surface area (Å²) in [6.07, 6.45) is 4.75. The highest BCUT2D eigenvalue weighted by Crippen LogP contribution is 2.24. The third-order valence-corrected chi connectivity index (χ3v) is 9.05. The van der Waals surface area contributed by atoms with Crippen molar-refractivity contribution < 1.29 is 29.0 Å². The fourth-order valence-electron chi connectivity index (χ4n) is 3.74. The van der Waals surface area contributed by atoms with Gasteiger partial charge in [-0.25, -0.2) is 0 Å². The Morgan fingerprint density at radius 3 is 2.63 bits per heavy atom. The predicted molar refractivity (Wildman–Crippen MR) is 142 cm³/mol. The summed E-state index contributed by atoms with van der Waals surface area (Å²) in [6, 6.07) is -2.39. The molecule has 2 rings (SSSR count). The molecule has 2 heterocycles. The van der Waals surface area contributed by atoms with E-state index in [0.717, 1.165) is 5.75 Å². The maximum atomic E-state index is 13.3. The highest BCUT2D eigenvalue weighted by molar-refractivity contribution is 8.76. The quantitative estimate of drug-likeness (QED) is 0.230. The molecule has 2 bridgehead atoms. The fraction of sp³-hybridized carbons (Fsp3) is 0.739. The molecule has 1 fully saturated rings. The zero-order chi connectivity index (χ0) is 25.8. The Balaban J connectivity index is 2.46. The van der Waals surface area contributed by atoms with Gasteiger partial charge in [-0.1, -0.05) is 47.9 Å². The first kappa shape index (κ1) is 29.9. The molecule has 0 aromatic carbocycles. The topological polar surface area (TPSA) is 134 Å². The SMILES string of the molecule is CC[C@H](C)[C@H]1NC(=O)[C@H]2CSSCC/C=C/[C@@H](CC(=O)N[C@H](CCSC)C(=O)N2)OC(=O)C[C@@H]1O. The summed E-state index contributed by atoms with van der Waals surface area (Å²) in [5.74, 6) is -0.362. The number of aliphatic hydroxyl groups is 1. The Hall–Kier alpha value is -1.37. The molecule has 0 aromatic heterocycles. The molecule has 9 nitrogen and oxygen atoms in total. The molecule has 0 saturated carbocycles. The third kappa shape index (κ3) is 10.3. The summed E-state index contributed by atoms with van der Waals surface area (Å²) >= 11 is 1.55. The molecule has 6 atom stereocenters. The number of hydrogen-bond donors (Lipinski definition) is 4. The maximum Gasteiger partial charge on any atom is 0.309 e. The Bertz CT molecular complexity index is 769. The van der Waals surface area contributed by atoms with Crippen molar-refractivity contribution in [2.45, 2.75) is 76.3 Å². The second-order valence-corrected chi connectivity index (χ2v) is 12.3. The van der Waals surface area contributed by atoms with Crippen molar-refractivity contribution in [1.29, 1.82) is 0 Å². The van der Waals surface area contributed by atoms with E-state index < -0.39 is 54.0 Å². The average Bonchev–Trinajstić information content (AvgIpc) is 2.81. The van der Waals surface area contributed by atoms with Crippen molar-refractivity contribution in [2.75, 3.05) is 23.5 Å². The van der Waals surface area contributed by atoms with E-state index in [2.05, 4.69) is 16.0 Å². The van der Waals surface area contributed by atoms with Gasteiger partial charge in [0.05, 0.1) is 25.0 Å². The Labute approximate surface area is 219 Å². The largest absolute Gasteiger partial charge is 0.457 e. The van der Waals surface area contributed by atoms with E-state index in [1.165, 1.54) is 10.8 Å². The summed E-state index contributed by atoms with van der Waals surface area (Å²) in [5.41, 5.74) is 0. The lowest BCUT2D eigenvalue weighted by Crippen LogP contribution is -2.58. The molecule has 0 aromatic rings. The number of allylic oxidation sites excluding steroid dienone is 1. The molecule has 198 valence electrons. The molecule has 0 unspecified atom stereocenters. The maximum absolute atomic E-state index is 13.3. The van der Waals surface area contributed by atoms with Crippen molar-refractivity contribution in [1.82, 2.24) is 16.0 Å². The monoisotopic (exact) mass is 547 g/mol. The fourth-order valence-corrected chi connectivity index (χ4v) is 6.36. The highest BCUT2D eigenvalue weighted by Gasteiger charge is 2.34. The second kappa shape index (κ2) is 15.7. The predicted octanol–water partition coefficient (Wildman–Crippen LogP) is 1.65. The lowest BCUT2D eigenvalue weighted by molar-refractivity contribution is -0.151. The highest BCUT2D eigenvalue weighted by atomic mass is 33.1. The molecule has 0 spiro atoms. The van der Waals surface area contributed by atoms with E-state index >= 15 is 0 Å². The minimum absolute atomic E-state index is 0.122. The molecular weight excluding hydrogens is 510 g/mol. The Kier molecular flexibility index (Phi) is 13.4. The van der Waals surface area contributed by atoms with Crippen molar-refractivity contribution in [3.05, 3.63) is 12.2 Å². The Morgan fingerprint density at radius 1 is 1.14 bits per heavy atom. The molecule has 2 aliphatic rings. The van der Waals surface area contributed by atoms with Gasteiger partial charge in [-0.05, 0) is 36.8 Å². The second-order valence-electron chi connectivity index (χ2n) is 8.71. The number of ether oxygens (including phenoxy) is 1. The van der Waals surface area contributed by atoms with E-state index in [4.69, 9.17) is 4.74 Å². The van der Waals surface area contributed by atoms with Gasteiger partial charge < -0.3 is 25.8 Å². The summed E-state index contributed by atoms with van der Waals surface area (Å²) < 4.78 is 5.54. The summed E-state index contributed by atoms with van der Waals surface area (Å²) in [5, 5.41) is 19.3. The minimum atomic E-state index is -1.18. The van der Waals surface area contributed by atoms with E-state index in [1.54, 1.807) is 28.6 Å². The summed E-state index contributed by atoms with van der Waals surface area (Å²) in [6.45, 7) is 3.82. The van der Waals surface area contributed by atoms with Gasteiger partial charge in [-0.15, -0.1) is 0 Å². The van der Waals surface area contributed by atoms with Crippen LogP contribution in [-0.2, 0) is 23.9 Å². The number of thioether (sulfide) groups is 1. The van der Waals surface area contributed by atoms with Crippen LogP contribution in [0.3, 0.4) is 0 Å². The van der Waals surface area contributed by atoms with Crippen LogP contribution >= 0.6 is 33.3 Å². The average molecular weight is 548 g/mol. The molecule has 0 aliphatic carbocycles. The van der Waals surface area contributed by atoms with Gasteiger partial charge in [-0.2, -0.15) is 11.8 Å². The first-order valence-corrected chi connectivity index (χ1v) is 15.8. The standard InChI is InChI=1S/C23H37N3O6S3/c1-4-14(2)21-18(27)12-20(29)32-15-7-5-6-9-34-35-13-17(23(31)26-21)25-22(30)16(8-10-33-3)24-19(28)11-15/h5,7,14-18,21,27H,4,6,8-13H2,1-3H3,(H,24,28)(H,25,30)(H,26,31)/b7-5+/t14-,15-,16+,17+,18-,21+/m0/s1. The number of amides is 3. The van der Waals surface area contributed by atoms with E-state index in [1.807, 2.05) is 26.2 Å². The van der Waals surface area contributed by atoms with Crippen LogP contribution < -0.4 is 16.0 Å².